The minimum atomic E-state index is 0. The van der Waals surface area contributed by atoms with E-state index in [-0.39, 0.29) is 13.5 Å². The van der Waals surface area contributed by atoms with Crippen molar-refractivity contribution in [3.05, 3.63) is 46.9 Å². The van der Waals surface area contributed by atoms with E-state index in [0.717, 1.165) is 55.3 Å². The third kappa shape index (κ3) is 4.54. The van der Waals surface area contributed by atoms with Crippen LogP contribution in [0.15, 0.2) is 30.3 Å². The molecule has 1 atom stereocenters. The zero-order chi connectivity index (χ0) is 18.8. The Hall–Kier alpha value is -1.96. The summed E-state index contributed by atoms with van der Waals surface area (Å²) in [4.78, 5) is 14.8. The number of nitrogens with one attached hydrogen (secondary N) is 1. The van der Waals surface area contributed by atoms with E-state index in [4.69, 9.17) is 21.1 Å². The normalized spacial score (nSPS) is 17.3. The van der Waals surface area contributed by atoms with Crippen LogP contribution in [-0.2, 0) is 6.54 Å². The monoisotopic (exact) mass is 420 g/mol. The molecule has 0 spiro atoms. The molecule has 1 fully saturated rings. The summed E-state index contributed by atoms with van der Waals surface area (Å²) >= 11 is 5.98. The van der Waals surface area contributed by atoms with Crippen LogP contribution in [0.4, 0.5) is 0 Å². The van der Waals surface area contributed by atoms with Crippen LogP contribution in [0.3, 0.4) is 0 Å². The molecule has 1 saturated heterocycles. The molecule has 3 aromatic rings. The predicted molar refractivity (Wildman–Crippen MR) is 116 cm³/mol. The van der Waals surface area contributed by atoms with E-state index in [1.54, 1.807) is 20.3 Å². The Balaban J connectivity index is 0.00000225. The standard InChI is InChI=1S/C20H23ClN4O2.H2S/c1-26-15-8-13(9-16(10-15)27-2)11-25-7-3-4-14(12-25)19-22-17-5-6-18(21)23-20(17)24-19;/h5-6,8-10,14H,3-4,7,11-12H2,1-2H3,(H,22,23,24);1H2/t14-;/m0./s1. The Morgan fingerprint density at radius 3 is 2.61 bits per heavy atom. The lowest BCUT2D eigenvalue weighted by atomic mass is 9.97. The topological polar surface area (TPSA) is 63.3 Å². The SMILES string of the molecule is COc1cc(CN2CCC[C@H](c3nc4nc(Cl)ccc4[nH]3)C2)cc(OC)c1.S. The first-order valence-electron chi connectivity index (χ1n) is 9.11. The van der Waals surface area contributed by atoms with E-state index >= 15 is 0 Å². The Bertz CT molecular complexity index is 927. The van der Waals surface area contributed by atoms with Crippen LogP contribution in [0.5, 0.6) is 11.5 Å². The molecule has 2 aromatic heterocycles. The van der Waals surface area contributed by atoms with E-state index < -0.39 is 0 Å². The number of rotatable bonds is 5. The number of fused-ring (bicyclic) bond motifs is 1. The first-order valence-corrected chi connectivity index (χ1v) is 9.49. The molecule has 0 unspecified atom stereocenters. The zero-order valence-electron chi connectivity index (χ0n) is 16.0. The fourth-order valence-corrected chi connectivity index (χ4v) is 3.86. The summed E-state index contributed by atoms with van der Waals surface area (Å²) in [5.41, 5.74) is 2.81. The summed E-state index contributed by atoms with van der Waals surface area (Å²) < 4.78 is 10.8. The van der Waals surface area contributed by atoms with Gasteiger partial charge in [0, 0.05) is 25.1 Å². The molecular weight excluding hydrogens is 396 g/mol. The fraction of sp³-hybridized carbons (Fsp3) is 0.400. The van der Waals surface area contributed by atoms with Crippen LogP contribution in [0.25, 0.3) is 11.2 Å². The number of aromatic amines is 1. The molecule has 1 N–H and O–H groups in total. The minimum Gasteiger partial charge on any atom is -0.497 e. The number of likely N-dealkylation sites (tertiary alicyclic amines) is 1. The summed E-state index contributed by atoms with van der Waals surface area (Å²) in [5.74, 6) is 2.99. The molecule has 1 aliphatic heterocycles. The molecule has 0 radical (unpaired) electrons. The second-order valence-electron chi connectivity index (χ2n) is 6.92. The van der Waals surface area contributed by atoms with Crippen molar-refractivity contribution < 1.29 is 9.47 Å². The van der Waals surface area contributed by atoms with E-state index in [1.165, 1.54) is 5.56 Å². The maximum absolute atomic E-state index is 5.98. The van der Waals surface area contributed by atoms with Gasteiger partial charge in [-0.15, -0.1) is 0 Å². The van der Waals surface area contributed by atoms with Gasteiger partial charge in [-0.1, -0.05) is 11.6 Å². The Morgan fingerprint density at radius 1 is 1.14 bits per heavy atom. The summed E-state index contributed by atoms with van der Waals surface area (Å²) in [6, 6.07) is 9.76. The highest BCUT2D eigenvalue weighted by Crippen LogP contribution is 2.29. The molecule has 6 nitrogen and oxygen atoms in total. The number of imidazole rings is 1. The van der Waals surface area contributed by atoms with Gasteiger partial charge >= 0.3 is 0 Å². The Labute approximate surface area is 176 Å². The number of hydrogen-bond donors (Lipinski definition) is 1. The van der Waals surface area contributed by atoms with Crippen molar-refractivity contribution in [3.8, 4) is 11.5 Å². The average molecular weight is 421 g/mol. The highest BCUT2D eigenvalue weighted by Gasteiger charge is 2.24. The number of aromatic nitrogens is 3. The van der Waals surface area contributed by atoms with Gasteiger partial charge < -0.3 is 14.5 Å². The highest BCUT2D eigenvalue weighted by atomic mass is 35.5. The lowest BCUT2D eigenvalue weighted by Gasteiger charge is -2.31. The maximum atomic E-state index is 5.98. The van der Waals surface area contributed by atoms with Crippen LogP contribution in [0.2, 0.25) is 5.15 Å². The van der Waals surface area contributed by atoms with Gasteiger partial charge in [0.25, 0.3) is 0 Å². The molecule has 0 saturated carbocycles. The second kappa shape index (κ2) is 9.03. The van der Waals surface area contributed by atoms with Crippen LogP contribution >= 0.6 is 25.1 Å². The molecule has 3 heterocycles. The number of benzene rings is 1. The summed E-state index contributed by atoms with van der Waals surface area (Å²) in [5, 5.41) is 0.470. The van der Waals surface area contributed by atoms with Gasteiger partial charge in [0.05, 0.1) is 19.7 Å². The zero-order valence-corrected chi connectivity index (χ0v) is 17.8. The van der Waals surface area contributed by atoms with Gasteiger partial charge in [-0.3, -0.25) is 4.90 Å². The first-order chi connectivity index (χ1) is 13.1. The Morgan fingerprint density at radius 2 is 1.89 bits per heavy atom. The van der Waals surface area contributed by atoms with Gasteiger partial charge in [-0.2, -0.15) is 13.5 Å². The van der Waals surface area contributed by atoms with Gasteiger partial charge in [0.2, 0.25) is 0 Å². The number of halogens is 1. The van der Waals surface area contributed by atoms with E-state index in [2.05, 4.69) is 32.0 Å². The van der Waals surface area contributed by atoms with E-state index in [9.17, 15) is 0 Å². The van der Waals surface area contributed by atoms with Crippen molar-refractivity contribution >= 4 is 36.3 Å². The second-order valence-corrected chi connectivity index (χ2v) is 7.31. The number of nitrogens with zero attached hydrogens (tertiary/aromatic N) is 3. The molecule has 8 heteroatoms. The summed E-state index contributed by atoms with van der Waals surface area (Å²) in [6.45, 7) is 2.88. The molecule has 4 rings (SSSR count). The largest absolute Gasteiger partial charge is 0.497 e. The van der Waals surface area contributed by atoms with Crippen molar-refractivity contribution in [2.45, 2.75) is 25.3 Å². The molecule has 1 aromatic carbocycles. The number of H-pyrrole nitrogens is 1. The first kappa shape index (κ1) is 20.8. The summed E-state index contributed by atoms with van der Waals surface area (Å²) in [7, 11) is 3.36. The molecule has 0 amide bonds. The third-order valence-corrected chi connectivity index (χ3v) is 5.25. The maximum Gasteiger partial charge on any atom is 0.179 e. The minimum absolute atomic E-state index is 0. The molecule has 1 aliphatic rings. The van der Waals surface area contributed by atoms with Crippen molar-refractivity contribution in [3.63, 3.8) is 0 Å². The highest BCUT2D eigenvalue weighted by molar-refractivity contribution is 7.59. The summed E-state index contributed by atoms with van der Waals surface area (Å²) in [6.07, 6.45) is 2.25. The van der Waals surface area contributed by atoms with Crippen LogP contribution in [0, 0.1) is 0 Å². The average Bonchev–Trinajstić information content (AvgIpc) is 3.11. The van der Waals surface area contributed by atoms with Crippen molar-refractivity contribution in [2.24, 2.45) is 0 Å². The number of methoxy groups -OCH3 is 2. The number of hydrogen-bond acceptors (Lipinski definition) is 5. The lowest BCUT2D eigenvalue weighted by molar-refractivity contribution is 0.196. The van der Waals surface area contributed by atoms with Gasteiger partial charge in [-0.25, -0.2) is 9.97 Å². The van der Waals surface area contributed by atoms with Gasteiger partial charge in [0.15, 0.2) is 5.65 Å². The van der Waals surface area contributed by atoms with E-state index in [1.807, 2.05) is 12.1 Å². The van der Waals surface area contributed by atoms with Crippen LogP contribution in [-0.4, -0.2) is 47.2 Å². The van der Waals surface area contributed by atoms with Gasteiger partial charge in [0.1, 0.15) is 22.5 Å². The van der Waals surface area contributed by atoms with Gasteiger partial charge in [-0.05, 0) is 49.2 Å². The third-order valence-electron chi connectivity index (χ3n) is 5.04. The van der Waals surface area contributed by atoms with Crippen molar-refractivity contribution in [1.29, 1.82) is 0 Å². The number of ether oxygens (including phenoxy) is 2. The Kier molecular flexibility index (Phi) is 6.69. The molecule has 28 heavy (non-hydrogen) atoms. The van der Waals surface area contributed by atoms with Crippen molar-refractivity contribution in [1.82, 2.24) is 19.9 Å². The fourth-order valence-electron chi connectivity index (χ4n) is 3.72. The van der Waals surface area contributed by atoms with Crippen LogP contribution < -0.4 is 9.47 Å². The molecule has 150 valence electrons. The predicted octanol–water partition coefficient (Wildman–Crippen LogP) is 4.12. The number of pyridine rings is 1. The number of piperidine rings is 1. The van der Waals surface area contributed by atoms with Crippen molar-refractivity contribution in [2.75, 3.05) is 27.3 Å². The van der Waals surface area contributed by atoms with E-state index in [0.29, 0.717) is 16.7 Å². The quantitative estimate of drug-likeness (QED) is 0.629. The molecule has 0 aliphatic carbocycles. The molecule has 0 bridgehead atoms. The molecular formula is C20H25ClN4O2S. The smallest absolute Gasteiger partial charge is 0.179 e. The van der Waals surface area contributed by atoms with Crippen LogP contribution in [0.1, 0.15) is 30.1 Å². The lowest BCUT2D eigenvalue weighted by Crippen LogP contribution is -2.34.